The van der Waals surface area contributed by atoms with Crippen molar-refractivity contribution in [1.29, 1.82) is 0 Å². The van der Waals surface area contributed by atoms with Crippen LogP contribution in [0.15, 0.2) is 66.7 Å². The molecule has 0 spiro atoms. The van der Waals surface area contributed by atoms with Crippen molar-refractivity contribution in [3.05, 3.63) is 71.8 Å². The summed E-state index contributed by atoms with van der Waals surface area (Å²) in [6, 6.07) is 22.1. The third kappa shape index (κ3) is 4.37. The third-order valence-electron chi connectivity index (χ3n) is 5.11. The monoisotopic (exact) mass is 381 g/mol. The molecule has 3 nitrogen and oxygen atoms in total. The Morgan fingerprint density at radius 2 is 1.78 bits per heavy atom. The lowest BCUT2D eigenvalue weighted by Gasteiger charge is -2.26. The van der Waals surface area contributed by atoms with Gasteiger partial charge in [0.2, 0.25) is 0 Å². The molecule has 1 saturated heterocycles. The molecular formula is C23H24ClNO2. The Balaban J connectivity index is 1.31. The molecular weight excluding hydrogens is 358 g/mol. The average molecular weight is 382 g/mol. The van der Waals surface area contributed by atoms with E-state index in [0.717, 1.165) is 48.0 Å². The second-order valence-electron chi connectivity index (χ2n) is 7.36. The summed E-state index contributed by atoms with van der Waals surface area (Å²) in [5.41, 5.74) is -0.173. The van der Waals surface area contributed by atoms with E-state index in [1.165, 1.54) is 5.39 Å². The number of nitrogens with zero attached hydrogens (tertiary/aromatic N) is 1. The minimum absolute atomic E-state index is 0.173. The van der Waals surface area contributed by atoms with Gasteiger partial charge in [-0.2, -0.15) is 0 Å². The van der Waals surface area contributed by atoms with E-state index in [1.807, 2.05) is 36.4 Å². The predicted octanol–water partition coefficient (Wildman–Crippen LogP) is 5.42. The van der Waals surface area contributed by atoms with Gasteiger partial charge in [-0.3, -0.25) is 4.90 Å². The zero-order chi connectivity index (χ0) is 18.7. The van der Waals surface area contributed by atoms with Crippen LogP contribution in [0.1, 0.15) is 13.3 Å². The van der Waals surface area contributed by atoms with Gasteiger partial charge in [-0.25, -0.2) is 0 Å². The molecule has 27 heavy (non-hydrogen) atoms. The second kappa shape index (κ2) is 7.79. The van der Waals surface area contributed by atoms with Crippen LogP contribution in [0.25, 0.3) is 10.8 Å². The average Bonchev–Trinajstić information content (AvgIpc) is 3.05. The van der Waals surface area contributed by atoms with Crippen LogP contribution >= 0.6 is 11.6 Å². The molecule has 1 atom stereocenters. The van der Waals surface area contributed by atoms with Crippen molar-refractivity contribution in [3.63, 3.8) is 0 Å². The van der Waals surface area contributed by atoms with Gasteiger partial charge in [0.25, 0.3) is 0 Å². The lowest BCUT2D eigenvalue weighted by atomic mass is 10.1. The van der Waals surface area contributed by atoms with Gasteiger partial charge in [0, 0.05) is 36.5 Å². The highest BCUT2D eigenvalue weighted by atomic mass is 35.5. The van der Waals surface area contributed by atoms with Gasteiger partial charge in [-0.15, -0.1) is 0 Å². The Morgan fingerprint density at radius 1 is 1.00 bits per heavy atom. The van der Waals surface area contributed by atoms with Crippen LogP contribution in [0, 0.1) is 0 Å². The van der Waals surface area contributed by atoms with Crippen molar-refractivity contribution in [3.8, 4) is 11.5 Å². The maximum absolute atomic E-state index is 6.23. The van der Waals surface area contributed by atoms with Crippen molar-refractivity contribution >= 4 is 22.4 Å². The summed E-state index contributed by atoms with van der Waals surface area (Å²) in [7, 11) is 0. The maximum atomic E-state index is 6.23. The molecule has 1 aliphatic heterocycles. The first-order chi connectivity index (χ1) is 13.1. The second-order valence-corrected chi connectivity index (χ2v) is 7.79. The van der Waals surface area contributed by atoms with Gasteiger partial charge >= 0.3 is 0 Å². The van der Waals surface area contributed by atoms with E-state index in [0.29, 0.717) is 6.61 Å². The van der Waals surface area contributed by atoms with E-state index < -0.39 is 0 Å². The molecule has 1 unspecified atom stereocenters. The highest BCUT2D eigenvalue weighted by Crippen LogP contribution is 2.29. The van der Waals surface area contributed by atoms with Gasteiger partial charge in [0.1, 0.15) is 23.7 Å². The molecule has 4 heteroatoms. The molecule has 1 heterocycles. The first kappa shape index (κ1) is 18.1. The first-order valence-corrected chi connectivity index (χ1v) is 9.77. The molecule has 1 aliphatic rings. The molecule has 3 aromatic rings. The summed E-state index contributed by atoms with van der Waals surface area (Å²) in [6.45, 7) is 5.65. The maximum Gasteiger partial charge on any atom is 0.127 e. The summed E-state index contributed by atoms with van der Waals surface area (Å²) >= 11 is 5.95. The number of benzene rings is 3. The van der Waals surface area contributed by atoms with Crippen molar-refractivity contribution in [1.82, 2.24) is 4.90 Å². The van der Waals surface area contributed by atoms with Crippen molar-refractivity contribution in [2.24, 2.45) is 0 Å². The summed E-state index contributed by atoms with van der Waals surface area (Å²) in [6.07, 6.45) is 1.00. The number of halogens is 1. The molecule has 0 aromatic heterocycles. The number of likely N-dealkylation sites (tertiary alicyclic amines) is 1. The fraction of sp³-hybridized carbons (Fsp3) is 0.304. The number of ether oxygens (including phenoxy) is 2. The highest BCUT2D eigenvalue weighted by molar-refractivity contribution is 6.30. The van der Waals surface area contributed by atoms with Crippen LogP contribution in [0.2, 0.25) is 5.02 Å². The van der Waals surface area contributed by atoms with E-state index >= 15 is 0 Å². The SMILES string of the molecule is CC1(Oc2ccc(Cl)cc2)CCN(CCOc2cccc3ccccc23)C1. The molecule has 4 rings (SSSR count). The zero-order valence-electron chi connectivity index (χ0n) is 15.5. The minimum atomic E-state index is -0.173. The Labute approximate surface area is 165 Å². The Morgan fingerprint density at radius 3 is 2.63 bits per heavy atom. The van der Waals surface area contributed by atoms with Gasteiger partial charge < -0.3 is 9.47 Å². The van der Waals surface area contributed by atoms with Crippen LogP contribution in [0.4, 0.5) is 0 Å². The summed E-state index contributed by atoms with van der Waals surface area (Å²) in [5.74, 6) is 1.82. The molecule has 0 radical (unpaired) electrons. The number of fused-ring (bicyclic) bond motifs is 1. The quantitative estimate of drug-likeness (QED) is 0.569. The topological polar surface area (TPSA) is 21.7 Å². The number of hydrogen-bond acceptors (Lipinski definition) is 3. The number of hydrogen-bond donors (Lipinski definition) is 0. The van der Waals surface area contributed by atoms with Gasteiger partial charge in [0.05, 0.1) is 0 Å². The van der Waals surface area contributed by atoms with Crippen molar-refractivity contribution in [2.75, 3.05) is 26.2 Å². The van der Waals surface area contributed by atoms with Gasteiger partial charge in [0.15, 0.2) is 0 Å². The standard InChI is InChI=1S/C23H24ClNO2/c1-23(27-20-11-9-19(24)10-12-20)13-14-25(17-23)15-16-26-22-8-4-6-18-5-2-3-7-21(18)22/h2-12H,13-17H2,1H3. The molecule has 0 saturated carbocycles. The smallest absolute Gasteiger partial charge is 0.127 e. The fourth-order valence-electron chi connectivity index (χ4n) is 3.69. The van der Waals surface area contributed by atoms with Gasteiger partial charge in [-0.1, -0.05) is 48.0 Å². The van der Waals surface area contributed by atoms with E-state index in [4.69, 9.17) is 21.1 Å². The summed E-state index contributed by atoms with van der Waals surface area (Å²) in [5, 5.41) is 3.10. The largest absolute Gasteiger partial charge is 0.492 e. The van der Waals surface area contributed by atoms with Crippen molar-refractivity contribution in [2.45, 2.75) is 18.9 Å². The molecule has 0 amide bonds. The highest BCUT2D eigenvalue weighted by Gasteiger charge is 2.35. The van der Waals surface area contributed by atoms with Crippen LogP contribution < -0.4 is 9.47 Å². The molecule has 0 aliphatic carbocycles. The Bertz CT molecular complexity index is 906. The van der Waals surface area contributed by atoms with Crippen LogP contribution in [0.5, 0.6) is 11.5 Å². The lowest BCUT2D eigenvalue weighted by molar-refractivity contribution is 0.0935. The lowest BCUT2D eigenvalue weighted by Crippen LogP contribution is -2.37. The summed E-state index contributed by atoms with van der Waals surface area (Å²) in [4.78, 5) is 2.40. The minimum Gasteiger partial charge on any atom is -0.492 e. The predicted molar refractivity (Wildman–Crippen MR) is 111 cm³/mol. The van der Waals surface area contributed by atoms with E-state index in [1.54, 1.807) is 0 Å². The van der Waals surface area contributed by atoms with Crippen LogP contribution in [-0.2, 0) is 0 Å². The van der Waals surface area contributed by atoms with E-state index in [9.17, 15) is 0 Å². The third-order valence-corrected chi connectivity index (χ3v) is 5.36. The fourth-order valence-corrected chi connectivity index (χ4v) is 3.82. The number of rotatable bonds is 6. The Hall–Kier alpha value is -2.23. The van der Waals surface area contributed by atoms with Crippen LogP contribution in [0.3, 0.4) is 0 Å². The molecule has 140 valence electrons. The normalized spacial score (nSPS) is 20.1. The molecule has 1 fully saturated rings. The Kier molecular flexibility index (Phi) is 5.24. The molecule has 3 aromatic carbocycles. The van der Waals surface area contributed by atoms with Crippen molar-refractivity contribution < 1.29 is 9.47 Å². The van der Waals surface area contributed by atoms with Gasteiger partial charge in [-0.05, 0) is 42.6 Å². The molecule has 0 bridgehead atoms. The van der Waals surface area contributed by atoms with Crippen LogP contribution in [-0.4, -0.2) is 36.7 Å². The molecule has 0 N–H and O–H groups in total. The van der Waals surface area contributed by atoms with E-state index in [-0.39, 0.29) is 5.60 Å². The zero-order valence-corrected chi connectivity index (χ0v) is 16.3. The summed E-state index contributed by atoms with van der Waals surface area (Å²) < 4.78 is 12.3. The van der Waals surface area contributed by atoms with E-state index in [2.05, 4.69) is 42.2 Å². The first-order valence-electron chi connectivity index (χ1n) is 9.39.